The predicted octanol–water partition coefficient (Wildman–Crippen LogP) is 1.38. The Morgan fingerprint density at radius 3 is 3.06 bits per heavy atom. The Balaban J connectivity index is 2.06. The molecule has 1 heterocycles. The molecule has 7 heteroatoms. The number of hydrogen-bond donors (Lipinski definition) is 1. The van der Waals surface area contributed by atoms with Gasteiger partial charge in [0.2, 0.25) is 5.91 Å². The molecule has 88 valence electrons. The number of tetrazole rings is 1. The first-order chi connectivity index (χ1) is 8.16. The number of amides is 1. The Morgan fingerprint density at radius 1 is 1.53 bits per heavy atom. The van der Waals surface area contributed by atoms with Crippen molar-refractivity contribution in [3.8, 4) is 0 Å². The first-order valence-electron chi connectivity index (χ1n) is 4.92. The van der Waals surface area contributed by atoms with Crippen molar-refractivity contribution >= 4 is 27.5 Å². The van der Waals surface area contributed by atoms with Gasteiger partial charge < -0.3 is 5.32 Å². The van der Waals surface area contributed by atoms with E-state index in [1.54, 1.807) is 0 Å². The fourth-order valence-electron chi connectivity index (χ4n) is 1.33. The van der Waals surface area contributed by atoms with Gasteiger partial charge in [0.1, 0.15) is 12.9 Å². The molecular formula is C10H10BrN5O. The van der Waals surface area contributed by atoms with Gasteiger partial charge in [-0.15, -0.1) is 5.10 Å². The standard InChI is InChI=1S/C10H10BrN5O/c1-7-3-2-4-8(10(7)11)13-9(17)5-16-6-12-14-15-16/h2-4,6H,5H2,1H3,(H,13,17). The normalized spacial score (nSPS) is 10.2. The molecule has 0 saturated carbocycles. The minimum atomic E-state index is -0.177. The van der Waals surface area contributed by atoms with Crippen molar-refractivity contribution in [2.75, 3.05) is 5.32 Å². The van der Waals surface area contributed by atoms with Crippen LogP contribution in [0, 0.1) is 6.92 Å². The van der Waals surface area contributed by atoms with Gasteiger partial charge in [-0.1, -0.05) is 12.1 Å². The number of aryl methyl sites for hydroxylation is 1. The van der Waals surface area contributed by atoms with Crippen LogP contribution in [-0.4, -0.2) is 26.1 Å². The smallest absolute Gasteiger partial charge is 0.246 e. The molecule has 2 aromatic rings. The largest absolute Gasteiger partial charge is 0.323 e. The summed E-state index contributed by atoms with van der Waals surface area (Å²) in [5, 5.41) is 13.3. The Morgan fingerprint density at radius 2 is 2.35 bits per heavy atom. The zero-order valence-electron chi connectivity index (χ0n) is 9.09. The van der Waals surface area contributed by atoms with Gasteiger partial charge in [-0.3, -0.25) is 4.79 Å². The second kappa shape index (κ2) is 5.05. The second-order valence-corrected chi connectivity index (χ2v) is 4.29. The van der Waals surface area contributed by atoms with E-state index in [4.69, 9.17) is 0 Å². The highest BCUT2D eigenvalue weighted by Crippen LogP contribution is 2.25. The lowest BCUT2D eigenvalue weighted by molar-refractivity contribution is -0.116. The molecule has 1 N–H and O–H groups in total. The number of carbonyl (C=O) groups excluding carboxylic acids is 1. The molecule has 1 aromatic heterocycles. The van der Waals surface area contributed by atoms with Gasteiger partial charge in [-0.25, -0.2) is 4.68 Å². The summed E-state index contributed by atoms with van der Waals surface area (Å²) in [7, 11) is 0. The predicted molar refractivity (Wildman–Crippen MR) is 65.3 cm³/mol. The van der Waals surface area contributed by atoms with Crippen LogP contribution in [0.3, 0.4) is 0 Å². The number of carbonyl (C=O) groups is 1. The molecule has 1 amide bonds. The van der Waals surface area contributed by atoms with Gasteiger partial charge in [0.25, 0.3) is 0 Å². The van der Waals surface area contributed by atoms with Crippen molar-refractivity contribution in [1.82, 2.24) is 20.2 Å². The number of hydrogen-bond acceptors (Lipinski definition) is 4. The number of halogens is 1. The SMILES string of the molecule is Cc1cccc(NC(=O)Cn2cnnn2)c1Br. The van der Waals surface area contributed by atoms with Gasteiger partial charge in [-0.2, -0.15) is 0 Å². The molecule has 0 aliphatic heterocycles. The number of rotatable bonds is 3. The van der Waals surface area contributed by atoms with E-state index in [1.807, 2.05) is 25.1 Å². The van der Waals surface area contributed by atoms with Crippen LogP contribution in [0.5, 0.6) is 0 Å². The van der Waals surface area contributed by atoms with Gasteiger partial charge in [0.15, 0.2) is 0 Å². The number of benzene rings is 1. The first-order valence-corrected chi connectivity index (χ1v) is 5.72. The maximum absolute atomic E-state index is 11.7. The minimum Gasteiger partial charge on any atom is -0.323 e. The van der Waals surface area contributed by atoms with E-state index in [1.165, 1.54) is 11.0 Å². The Kier molecular flexibility index (Phi) is 3.48. The molecule has 0 aliphatic carbocycles. The molecular weight excluding hydrogens is 286 g/mol. The van der Waals surface area contributed by atoms with Crippen molar-refractivity contribution < 1.29 is 4.79 Å². The minimum absolute atomic E-state index is 0.0907. The van der Waals surface area contributed by atoms with Crippen LogP contribution in [0.1, 0.15) is 5.56 Å². The van der Waals surface area contributed by atoms with Crippen molar-refractivity contribution in [1.29, 1.82) is 0 Å². The van der Waals surface area contributed by atoms with Gasteiger partial charge in [-0.05, 0) is 44.9 Å². The molecule has 0 bridgehead atoms. The summed E-state index contributed by atoms with van der Waals surface area (Å²) < 4.78 is 2.24. The van der Waals surface area contributed by atoms with Crippen LogP contribution in [0.2, 0.25) is 0 Å². The second-order valence-electron chi connectivity index (χ2n) is 3.49. The lowest BCUT2D eigenvalue weighted by atomic mass is 10.2. The summed E-state index contributed by atoms with van der Waals surface area (Å²) in [6.45, 7) is 2.05. The third-order valence-corrected chi connectivity index (χ3v) is 3.22. The molecule has 0 aliphatic rings. The Labute approximate surface area is 106 Å². The van der Waals surface area contributed by atoms with Crippen molar-refractivity contribution in [3.05, 3.63) is 34.6 Å². The fourth-order valence-corrected chi connectivity index (χ4v) is 1.70. The Bertz CT molecular complexity index is 525. The summed E-state index contributed by atoms with van der Waals surface area (Å²) in [6.07, 6.45) is 1.39. The van der Waals surface area contributed by atoms with E-state index in [2.05, 4.69) is 36.8 Å². The van der Waals surface area contributed by atoms with Gasteiger partial charge in [0.05, 0.1) is 5.69 Å². The molecule has 1 aromatic carbocycles. The van der Waals surface area contributed by atoms with Crippen LogP contribution in [0.15, 0.2) is 29.0 Å². The average molecular weight is 296 g/mol. The molecule has 0 fully saturated rings. The molecule has 0 radical (unpaired) electrons. The lowest BCUT2D eigenvalue weighted by Gasteiger charge is -2.08. The molecule has 6 nitrogen and oxygen atoms in total. The highest BCUT2D eigenvalue weighted by Gasteiger charge is 2.07. The Hall–Kier alpha value is -1.76. The molecule has 0 saturated heterocycles. The van der Waals surface area contributed by atoms with E-state index < -0.39 is 0 Å². The molecule has 0 spiro atoms. The zero-order valence-corrected chi connectivity index (χ0v) is 10.7. The summed E-state index contributed by atoms with van der Waals surface area (Å²) in [5.74, 6) is -0.177. The maximum Gasteiger partial charge on any atom is 0.246 e. The van der Waals surface area contributed by atoms with Crippen LogP contribution in [0.25, 0.3) is 0 Å². The molecule has 2 rings (SSSR count). The topological polar surface area (TPSA) is 72.7 Å². The monoisotopic (exact) mass is 295 g/mol. The summed E-state index contributed by atoms with van der Waals surface area (Å²) in [5.41, 5.74) is 1.80. The number of anilines is 1. The lowest BCUT2D eigenvalue weighted by Crippen LogP contribution is -2.19. The fraction of sp³-hybridized carbons (Fsp3) is 0.200. The first kappa shape index (κ1) is 11.7. The van der Waals surface area contributed by atoms with E-state index in [0.29, 0.717) is 0 Å². The van der Waals surface area contributed by atoms with E-state index >= 15 is 0 Å². The third kappa shape index (κ3) is 2.88. The molecule has 0 unspecified atom stereocenters. The maximum atomic E-state index is 11.7. The van der Waals surface area contributed by atoms with Gasteiger partial charge >= 0.3 is 0 Å². The molecule has 0 atom stereocenters. The van der Waals surface area contributed by atoms with Crippen LogP contribution < -0.4 is 5.32 Å². The van der Waals surface area contributed by atoms with Crippen LogP contribution in [-0.2, 0) is 11.3 Å². The summed E-state index contributed by atoms with van der Waals surface area (Å²) >= 11 is 3.42. The summed E-state index contributed by atoms with van der Waals surface area (Å²) in [4.78, 5) is 11.7. The van der Waals surface area contributed by atoms with Crippen LogP contribution in [0.4, 0.5) is 5.69 Å². The summed E-state index contributed by atoms with van der Waals surface area (Å²) in [6, 6.07) is 5.67. The van der Waals surface area contributed by atoms with E-state index in [-0.39, 0.29) is 12.5 Å². The van der Waals surface area contributed by atoms with E-state index in [0.717, 1.165) is 15.7 Å². The van der Waals surface area contributed by atoms with Crippen molar-refractivity contribution in [2.24, 2.45) is 0 Å². The average Bonchev–Trinajstić information content (AvgIpc) is 2.77. The number of nitrogens with one attached hydrogen (secondary N) is 1. The quantitative estimate of drug-likeness (QED) is 0.928. The third-order valence-electron chi connectivity index (χ3n) is 2.16. The number of nitrogens with zero attached hydrogens (tertiary/aromatic N) is 4. The van der Waals surface area contributed by atoms with Crippen molar-refractivity contribution in [3.63, 3.8) is 0 Å². The zero-order chi connectivity index (χ0) is 12.3. The highest BCUT2D eigenvalue weighted by atomic mass is 79.9. The number of aromatic nitrogens is 4. The van der Waals surface area contributed by atoms with Crippen LogP contribution >= 0.6 is 15.9 Å². The van der Waals surface area contributed by atoms with Gasteiger partial charge in [0, 0.05) is 4.47 Å². The molecule has 17 heavy (non-hydrogen) atoms. The van der Waals surface area contributed by atoms with E-state index in [9.17, 15) is 4.79 Å². The van der Waals surface area contributed by atoms with Crippen molar-refractivity contribution in [2.45, 2.75) is 13.5 Å². The highest BCUT2D eigenvalue weighted by molar-refractivity contribution is 9.10.